The highest BCUT2D eigenvalue weighted by Gasteiger charge is 2.30. The molecule has 0 saturated carbocycles. The average Bonchev–Trinajstić information content (AvgIpc) is 2.88. The van der Waals surface area contributed by atoms with E-state index in [0.717, 1.165) is 18.4 Å². The van der Waals surface area contributed by atoms with E-state index < -0.39 is 5.60 Å². The van der Waals surface area contributed by atoms with Crippen LogP contribution in [0.1, 0.15) is 45.4 Å². The van der Waals surface area contributed by atoms with Crippen molar-refractivity contribution in [2.75, 3.05) is 18.8 Å². The maximum Gasteiger partial charge on any atom is 0.410 e. The van der Waals surface area contributed by atoms with E-state index in [1.807, 2.05) is 32.9 Å². The molecular weight excluding hydrogens is 294 g/mol. The van der Waals surface area contributed by atoms with Crippen molar-refractivity contribution in [2.45, 2.75) is 45.1 Å². The number of rotatable bonds is 1. The highest BCUT2D eigenvalue weighted by molar-refractivity contribution is 5.76. The van der Waals surface area contributed by atoms with Gasteiger partial charge in [0.2, 0.25) is 0 Å². The Hall–Kier alpha value is -2.24. The van der Waals surface area contributed by atoms with Gasteiger partial charge >= 0.3 is 6.09 Å². The van der Waals surface area contributed by atoms with Crippen molar-refractivity contribution in [3.8, 4) is 0 Å². The first kappa shape index (κ1) is 15.6. The summed E-state index contributed by atoms with van der Waals surface area (Å²) in [5, 5.41) is 0. The van der Waals surface area contributed by atoms with Gasteiger partial charge in [0.05, 0.1) is 5.92 Å². The summed E-state index contributed by atoms with van der Waals surface area (Å²) in [5.41, 5.74) is 7.42. The first-order valence-corrected chi connectivity index (χ1v) is 7.96. The molecule has 0 radical (unpaired) electrons. The highest BCUT2D eigenvalue weighted by atomic mass is 16.6. The Bertz CT molecular complexity index is 717. The third kappa shape index (κ3) is 3.57. The van der Waals surface area contributed by atoms with Crippen LogP contribution >= 0.6 is 0 Å². The fourth-order valence-electron chi connectivity index (χ4n) is 2.80. The lowest BCUT2D eigenvalue weighted by Gasteiger charge is -2.32. The normalized spacial score (nSPS) is 19.1. The van der Waals surface area contributed by atoms with Gasteiger partial charge in [0.1, 0.15) is 11.1 Å². The van der Waals surface area contributed by atoms with E-state index >= 15 is 0 Å². The van der Waals surface area contributed by atoms with Crippen molar-refractivity contribution in [1.82, 2.24) is 9.88 Å². The molecule has 2 aromatic rings. The summed E-state index contributed by atoms with van der Waals surface area (Å²) in [6, 6.07) is 5.44. The molecule has 1 aliphatic rings. The summed E-state index contributed by atoms with van der Waals surface area (Å²) in [5.74, 6) is 0.753. The number of oxazole rings is 1. The molecule has 0 spiro atoms. The number of nitrogens with two attached hydrogens (primary N) is 1. The molecule has 1 aromatic carbocycles. The number of carbonyl (C=O) groups excluding carboxylic acids is 1. The van der Waals surface area contributed by atoms with Gasteiger partial charge in [-0.3, -0.25) is 0 Å². The number of aromatic nitrogens is 1. The third-order valence-corrected chi connectivity index (χ3v) is 3.85. The summed E-state index contributed by atoms with van der Waals surface area (Å²) < 4.78 is 11.3. The summed E-state index contributed by atoms with van der Waals surface area (Å²) in [4.78, 5) is 18.5. The predicted molar refractivity (Wildman–Crippen MR) is 88.2 cm³/mol. The Balaban J connectivity index is 1.75. The first-order valence-electron chi connectivity index (χ1n) is 7.96. The van der Waals surface area contributed by atoms with E-state index in [1.54, 1.807) is 11.0 Å². The summed E-state index contributed by atoms with van der Waals surface area (Å²) in [7, 11) is 0. The minimum atomic E-state index is -0.487. The van der Waals surface area contributed by atoms with E-state index in [0.29, 0.717) is 30.3 Å². The molecular formula is C17H23N3O3. The van der Waals surface area contributed by atoms with Crippen molar-refractivity contribution >= 4 is 22.9 Å². The Morgan fingerprint density at radius 2 is 2.22 bits per heavy atom. The second-order valence-electron chi connectivity index (χ2n) is 7.04. The third-order valence-electron chi connectivity index (χ3n) is 3.85. The van der Waals surface area contributed by atoms with Gasteiger partial charge in [0, 0.05) is 24.8 Å². The SMILES string of the molecule is CC(C)(C)OC(=O)N1CCCC(c2nc3ccc(N)cc3o2)C1. The maximum absolute atomic E-state index is 12.2. The van der Waals surface area contributed by atoms with Crippen LogP contribution in [0, 0.1) is 0 Å². The molecule has 1 unspecified atom stereocenters. The molecule has 6 nitrogen and oxygen atoms in total. The molecule has 1 amide bonds. The monoisotopic (exact) mass is 317 g/mol. The number of fused-ring (bicyclic) bond motifs is 1. The molecule has 2 N–H and O–H groups in total. The zero-order valence-corrected chi connectivity index (χ0v) is 13.8. The number of hydrogen-bond acceptors (Lipinski definition) is 5. The second-order valence-corrected chi connectivity index (χ2v) is 7.04. The number of ether oxygens (including phenoxy) is 1. The van der Waals surface area contributed by atoms with Crippen molar-refractivity contribution < 1.29 is 13.9 Å². The molecule has 6 heteroatoms. The highest BCUT2D eigenvalue weighted by Crippen LogP contribution is 2.30. The van der Waals surface area contributed by atoms with Gasteiger partial charge in [-0.25, -0.2) is 9.78 Å². The van der Waals surface area contributed by atoms with Crippen LogP contribution in [-0.4, -0.2) is 34.7 Å². The summed E-state index contributed by atoms with van der Waals surface area (Å²) >= 11 is 0. The minimum absolute atomic E-state index is 0.0879. The van der Waals surface area contributed by atoms with Crippen LogP contribution in [0.15, 0.2) is 22.6 Å². The number of nitrogens with zero attached hydrogens (tertiary/aromatic N) is 2. The molecule has 1 aromatic heterocycles. The molecule has 0 bridgehead atoms. The number of likely N-dealkylation sites (tertiary alicyclic amines) is 1. The number of benzene rings is 1. The topological polar surface area (TPSA) is 81.6 Å². The Morgan fingerprint density at radius 1 is 1.43 bits per heavy atom. The zero-order valence-electron chi connectivity index (χ0n) is 13.8. The van der Waals surface area contributed by atoms with Crippen molar-refractivity contribution in [2.24, 2.45) is 0 Å². The van der Waals surface area contributed by atoms with Gasteiger partial charge in [-0.05, 0) is 45.7 Å². The lowest BCUT2D eigenvalue weighted by atomic mass is 9.98. The van der Waals surface area contributed by atoms with Crippen molar-refractivity contribution in [1.29, 1.82) is 0 Å². The number of amides is 1. The lowest BCUT2D eigenvalue weighted by Crippen LogP contribution is -2.42. The first-order chi connectivity index (χ1) is 10.8. The molecule has 2 heterocycles. The van der Waals surface area contributed by atoms with Gasteiger partial charge in [-0.15, -0.1) is 0 Å². The Morgan fingerprint density at radius 3 is 2.96 bits per heavy atom. The van der Waals surface area contributed by atoms with Crippen LogP contribution in [0.3, 0.4) is 0 Å². The van der Waals surface area contributed by atoms with Crippen LogP contribution in [0.2, 0.25) is 0 Å². The van der Waals surface area contributed by atoms with E-state index in [9.17, 15) is 4.79 Å². The maximum atomic E-state index is 12.2. The fraction of sp³-hybridized carbons (Fsp3) is 0.529. The number of piperidine rings is 1. The van der Waals surface area contributed by atoms with Gasteiger partial charge < -0.3 is 19.8 Å². The van der Waals surface area contributed by atoms with Crippen molar-refractivity contribution in [3.63, 3.8) is 0 Å². The molecule has 1 atom stereocenters. The second kappa shape index (κ2) is 5.76. The van der Waals surface area contributed by atoms with Crippen LogP contribution in [0.25, 0.3) is 11.1 Å². The average molecular weight is 317 g/mol. The predicted octanol–water partition coefficient (Wildman–Crippen LogP) is 3.52. The number of hydrogen-bond donors (Lipinski definition) is 1. The largest absolute Gasteiger partial charge is 0.444 e. The van der Waals surface area contributed by atoms with Crippen molar-refractivity contribution in [3.05, 3.63) is 24.1 Å². The van der Waals surface area contributed by atoms with E-state index in [4.69, 9.17) is 14.9 Å². The number of nitrogen functional groups attached to an aromatic ring is 1. The Labute approximate surface area is 135 Å². The molecule has 23 heavy (non-hydrogen) atoms. The minimum Gasteiger partial charge on any atom is -0.444 e. The number of anilines is 1. The molecule has 1 fully saturated rings. The van der Waals surface area contributed by atoms with Crippen LogP contribution in [0.4, 0.5) is 10.5 Å². The molecule has 1 aliphatic heterocycles. The zero-order chi connectivity index (χ0) is 16.6. The molecule has 124 valence electrons. The molecule has 1 saturated heterocycles. The van der Waals surface area contributed by atoms with Crippen LogP contribution < -0.4 is 5.73 Å². The number of carbonyl (C=O) groups is 1. The van der Waals surface area contributed by atoms with Gasteiger partial charge in [-0.1, -0.05) is 0 Å². The van der Waals surface area contributed by atoms with Crippen LogP contribution in [0.5, 0.6) is 0 Å². The summed E-state index contributed by atoms with van der Waals surface area (Å²) in [6.45, 7) is 6.89. The van der Waals surface area contributed by atoms with Gasteiger partial charge in [0.25, 0.3) is 0 Å². The van der Waals surface area contributed by atoms with Gasteiger partial charge in [-0.2, -0.15) is 0 Å². The molecule has 3 rings (SSSR count). The quantitative estimate of drug-likeness (QED) is 0.814. The Kier molecular flexibility index (Phi) is 3.92. The van der Waals surface area contributed by atoms with E-state index in [-0.39, 0.29) is 12.0 Å². The van der Waals surface area contributed by atoms with Crippen LogP contribution in [-0.2, 0) is 4.74 Å². The summed E-state index contributed by atoms with van der Waals surface area (Å²) in [6.07, 6.45) is 1.58. The standard InChI is InChI=1S/C17H23N3O3/c1-17(2,3)23-16(21)20-8-4-5-11(10-20)15-19-13-7-6-12(18)9-14(13)22-15/h6-7,9,11H,4-5,8,10,18H2,1-3H3. The lowest BCUT2D eigenvalue weighted by molar-refractivity contribution is 0.0191. The van der Waals surface area contributed by atoms with E-state index in [1.165, 1.54) is 0 Å². The fourth-order valence-corrected chi connectivity index (χ4v) is 2.80. The smallest absolute Gasteiger partial charge is 0.410 e. The van der Waals surface area contributed by atoms with E-state index in [2.05, 4.69) is 4.98 Å². The van der Waals surface area contributed by atoms with Gasteiger partial charge in [0.15, 0.2) is 11.5 Å². The molecule has 0 aliphatic carbocycles.